The van der Waals surface area contributed by atoms with Gasteiger partial charge in [0.05, 0.1) is 12.2 Å². The van der Waals surface area contributed by atoms with E-state index in [1.54, 1.807) is 0 Å². The molecule has 0 bridgehead atoms. The van der Waals surface area contributed by atoms with Gasteiger partial charge in [-0.1, -0.05) is 35.8 Å². The minimum absolute atomic E-state index is 0.146. The van der Waals surface area contributed by atoms with Gasteiger partial charge in [-0.15, -0.1) is 0 Å². The molecule has 1 atom stereocenters. The highest BCUT2D eigenvalue weighted by Crippen LogP contribution is 2.33. The fourth-order valence-electron chi connectivity index (χ4n) is 3.47. The lowest BCUT2D eigenvalue weighted by atomic mass is 10.1. The smallest absolute Gasteiger partial charge is 0.416 e. The molecule has 3 rings (SSSR count). The quantitative estimate of drug-likeness (QED) is 0.421. The molecule has 0 amide bonds. The van der Waals surface area contributed by atoms with Gasteiger partial charge in [-0.05, 0) is 67.7 Å². The summed E-state index contributed by atoms with van der Waals surface area (Å²) in [4.78, 5) is 0. The molecule has 0 radical (unpaired) electrons. The maximum atomic E-state index is 12.9. The van der Waals surface area contributed by atoms with E-state index in [0.29, 0.717) is 40.8 Å². The summed E-state index contributed by atoms with van der Waals surface area (Å²) in [5.41, 5.74) is 0.988. The van der Waals surface area contributed by atoms with Crippen LogP contribution in [0.1, 0.15) is 37.0 Å². The maximum Gasteiger partial charge on any atom is 0.416 e. The van der Waals surface area contributed by atoms with Crippen LogP contribution >= 0.6 is 15.9 Å². The van der Waals surface area contributed by atoms with Crippen molar-refractivity contribution in [2.75, 3.05) is 26.2 Å². The fourth-order valence-corrected chi connectivity index (χ4v) is 3.97. The first-order chi connectivity index (χ1) is 15.2. The predicted molar refractivity (Wildman–Crippen MR) is 123 cm³/mol. The Bertz CT molecular complexity index is 884. The van der Waals surface area contributed by atoms with E-state index in [1.807, 2.05) is 18.2 Å². The van der Waals surface area contributed by atoms with E-state index in [9.17, 15) is 13.2 Å². The number of benzene rings is 2. The van der Waals surface area contributed by atoms with Crippen molar-refractivity contribution < 1.29 is 22.6 Å². The number of alkyl halides is 3. The van der Waals surface area contributed by atoms with Crippen molar-refractivity contribution in [3.8, 4) is 11.5 Å². The van der Waals surface area contributed by atoms with E-state index in [2.05, 4.69) is 40.4 Å². The van der Waals surface area contributed by atoms with Crippen LogP contribution in [0.2, 0.25) is 0 Å². The highest BCUT2D eigenvalue weighted by molar-refractivity contribution is 9.10. The zero-order valence-corrected chi connectivity index (χ0v) is 20.0. The van der Waals surface area contributed by atoms with E-state index in [0.717, 1.165) is 43.1 Å². The van der Waals surface area contributed by atoms with Gasteiger partial charge in [0.15, 0.2) is 0 Å². The molecule has 176 valence electrons. The molecule has 4 nitrogen and oxygen atoms in total. The minimum atomic E-state index is -4.37. The topological polar surface area (TPSA) is 42.5 Å². The van der Waals surface area contributed by atoms with Crippen LogP contribution in [-0.2, 0) is 19.3 Å². The van der Waals surface area contributed by atoms with Crippen molar-refractivity contribution in [3.63, 3.8) is 0 Å². The summed E-state index contributed by atoms with van der Waals surface area (Å²) in [5, 5.41) is 6.87. The summed E-state index contributed by atoms with van der Waals surface area (Å²) in [6, 6.07) is 9.35. The molecular formula is C24H30BrF3N2O2. The van der Waals surface area contributed by atoms with Crippen molar-refractivity contribution in [2.24, 2.45) is 11.8 Å². The Hall–Kier alpha value is -1.77. The van der Waals surface area contributed by atoms with Gasteiger partial charge in [-0.3, -0.25) is 0 Å². The lowest BCUT2D eigenvalue weighted by molar-refractivity contribution is -0.137. The second-order valence-electron chi connectivity index (χ2n) is 8.60. The maximum absolute atomic E-state index is 12.9. The third-order valence-electron chi connectivity index (χ3n) is 5.22. The third-order valence-corrected chi connectivity index (χ3v) is 5.96. The molecule has 1 aliphatic rings. The number of rotatable bonds is 10. The molecule has 2 aromatic rings. The van der Waals surface area contributed by atoms with Crippen LogP contribution in [0.5, 0.6) is 11.5 Å². The summed E-state index contributed by atoms with van der Waals surface area (Å²) >= 11 is 3.23. The highest BCUT2D eigenvalue weighted by atomic mass is 79.9. The van der Waals surface area contributed by atoms with Crippen molar-refractivity contribution >= 4 is 15.9 Å². The number of hydrogen-bond donors (Lipinski definition) is 2. The lowest BCUT2D eigenvalue weighted by Crippen LogP contribution is -2.24. The third kappa shape index (κ3) is 7.67. The molecule has 1 heterocycles. The SMILES string of the molecule is CC(C)COc1cc(CNCC2CCNC2)cc(OCc2ccc(C(F)(F)F)cc2Br)c1. The van der Waals surface area contributed by atoms with E-state index in [1.165, 1.54) is 12.5 Å². The molecule has 32 heavy (non-hydrogen) atoms. The van der Waals surface area contributed by atoms with Gasteiger partial charge in [0.2, 0.25) is 0 Å². The normalized spacial score (nSPS) is 16.5. The van der Waals surface area contributed by atoms with Crippen molar-refractivity contribution in [1.29, 1.82) is 0 Å². The molecule has 1 unspecified atom stereocenters. The number of nitrogens with one attached hydrogen (secondary N) is 2. The Labute approximate surface area is 196 Å². The van der Waals surface area contributed by atoms with Gasteiger partial charge < -0.3 is 20.1 Å². The molecule has 2 N–H and O–H groups in total. The van der Waals surface area contributed by atoms with E-state index in [-0.39, 0.29) is 6.61 Å². The van der Waals surface area contributed by atoms with Crippen LogP contribution in [-0.4, -0.2) is 26.2 Å². The largest absolute Gasteiger partial charge is 0.493 e. The average Bonchev–Trinajstić information content (AvgIpc) is 3.24. The highest BCUT2D eigenvalue weighted by Gasteiger charge is 2.30. The molecule has 0 aromatic heterocycles. The molecular weight excluding hydrogens is 485 g/mol. The molecule has 2 aromatic carbocycles. The van der Waals surface area contributed by atoms with Crippen LogP contribution in [0.4, 0.5) is 13.2 Å². The lowest BCUT2D eigenvalue weighted by Gasteiger charge is -2.16. The molecule has 1 aliphatic heterocycles. The van der Waals surface area contributed by atoms with Crippen LogP contribution < -0.4 is 20.1 Å². The van der Waals surface area contributed by atoms with Gasteiger partial charge in [0, 0.05) is 22.6 Å². The average molecular weight is 515 g/mol. The van der Waals surface area contributed by atoms with Gasteiger partial charge in [0.1, 0.15) is 18.1 Å². The summed E-state index contributed by atoms with van der Waals surface area (Å²) in [6.07, 6.45) is -3.19. The standard InChI is InChI=1S/C24H30BrF3N2O2/c1-16(2)14-31-21-7-18(13-30-12-17-5-6-29-11-17)8-22(10-21)32-15-19-3-4-20(9-23(19)25)24(26,27)28/h3-4,7-10,16-17,29-30H,5-6,11-15H2,1-2H3. The number of ether oxygens (including phenoxy) is 2. The summed E-state index contributed by atoms with van der Waals surface area (Å²) < 4.78 is 50.9. The van der Waals surface area contributed by atoms with Crippen LogP contribution in [0.25, 0.3) is 0 Å². The monoisotopic (exact) mass is 514 g/mol. The molecule has 8 heteroatoms. The van der Waals surface area contributed by atoms with Crippen LogP contribution in [0, 0.1) is 11.8 Å². The molecule has 0 aliphatic carbocycles. The van der Waals surface area contributed by atoms with Crippen molar-refractivity contribution in [2.45, 2.75) is 39.6 Å². The Morgan fingerprint density at radius 2 is 1.88 bits per heavy atom. The summed E-state index contributed by atoms with van der Waals surface area (Å²) in [5.74, 6) is 2.38. The van der Waals surface area contributed by atoms with E-state index in [4.69, 9.17) is 9.47 Å². The van der Waals surface area contributed by atoms with Crippen LogP contribution in [0.15, 0.2) is 40.9 Å². The number of halogens is 4. The number of hydrogen-bond acceptors (Lipinski definition) is 4. The van der Waals surface area contributed by atoms with Gasteiger partial charge in [-0.25, -0.2) is 0 Å². The van der Waals surface area contributed by atoms with Gasteiger partial charge >= 0.3 is 6.18 Å². The van der Waals surface area contributed by atoms with Crippen LogP contribution in [0.3, 0.4) is 0 Å². The zero-order chi connectivity index (χ0) is 23.1. The summed E-state index contributed by atoms with van der Waals surface area (Å²) in [6.45, 7) is 8.65. The first-order valence-corrected chi connectivity index (χ1v) is 11.7. The zero-order valence-electron chi connectivity index (χ0n) is 18.4. The Morgan fingerprint density at radius 1 is 1.12 bits per heavy atom. The van der Waals surface area contributed by atoms with Gasteiger partial charge in [-0.2, -0.15) is 13.2 Å². The van der Waals surface area contributed by atoms with Gasteiger partial charge in [0.25, 0.3) is 0 Å². The Balaban J connectivity index is 1.67. The minimum Gasteiger partial charge on any atom is -0.493 e. The van der Waals surface area contributed by atoms with Crippen molar-refractivity contribution in [1.82, 2.24) is 10.6 Å². The molecule has 0 spiro atoms. The predicted octanol–water partition coefficient (Wildman–Crippen LogP) is 5.78. The second-order valence-corrected chi connectivity index (χ2v) is 9.45. The fraction of sp³-hybridized carbons (Fsp3) is 0.500. The second kappa shape index (κ2) is 11.4. The first-order valence-electron chi connectivity index (χ1n) is 10.9. The first kappa shape index (κ1) is 24.9. The molecule has 0 saturated carbocycles. The Kier molecular flexibility index (Phi) is 8.85. The Morgan fingerprint density at radius 3 is 2.50 bits per heavy atom. The summed E-state index contributed by atoms with van der Waals surface area (Å²) in [7, 11) is 0. The molecule has 1 saturated heterocycles. The van der Waals surface area contributed by atoms with Crippen molar-refractivity contribution in [3.05, 3.63) is 57.6 Å². The van der Waals surface area contributed by atoms with E-state index >= 15 is 0 Å². The van der Waals surface area contributed by atoms with E-state index < -0.39 is 11.7 Å². The molecule has 1 fully saturated rings.